The first-order valence-corrected chi connectivity index (χ1v) is 8.84. The van der Waals surface area contributed by atoms with E-state index in [-0.39, 0.29) is 0 Å². The highest BCUT2D eigenvalue weighted by Gasteiger charge is 2.03. The Morgan fingerprint density at radius 2 is 1.64 bits per heavy atom. The Hall–Kier alpha value is -1.54. The minimum atomic E-state index is -4.41. The summed E-state index contributed by atoms with van der Waals surface area (Å²) in [4.78, 5) is 1.26. The molecule has 22 heavy (non-hydrogen) atoms. The van der Waals surface area contributed by atoms with Gasteiger partial charge in [0.25, 0.3) is 0 Å². The fraction of sp³-hybridized carbons (Fsp3) is 0.200. The lowest BCUT2D eigenvalue weighted by molar-refractivity contribution is 0.314. The molecule has 0 heterocycles. The van der Waals surface area contributed by atoms with E-state index in [0.717, 1.165) is 19.3 Å². The van der Waals surface area contributed by atoms with Crippen molar-refractivity contribution in [1.82, 2.24) is 0 Å². The van der Waals surface area contributed by atoms with E-state index in [4.69, 9.17) is 5.11 Å². The Bertz CT molecular complexity index is 639. The molecule has 5 nitrogen and oxygen atoms in total. The summed E-state index contributed by atoms with van der Waals surface area (Å²) in [6.45, 7) is 0. The summed E-state index contributed by atoms with van der Waals surface area (Å²) in [6.07, 6.45) is 1.10. The third kappa shape index (κ3) is 8.68. The monoisotopic (exact) mass is 342 g/mol. The maximum absolute atomic E-state index is 9.22. The zero-order chi connectivity index (χ0) is 16.4. The molecule has 1 N–H and O–H groups in total. The molecule has 0 saturated heterocycles. The predicted molar refractivity (Wildman–Crippen MR) is 86.9 cm³/mol. The third-order valence-corrected chi connectivity index (χ3v) is 4.11. The molecule has 0 radical (unpaired) electrons. The Morgan fingerprint density at radius 1 is 1.09 bits per heavy atom. The number of hydrogen-bond acceptors (Lipinski definition) is 5. The molecule has 0 aliphatic carbocycles. The van der Waals surface area contributed by atoms with Gasteiger partial charge in [0.15, 0.2) is 4.90 Å². The second-order valence-corrected chi connectivity index (χ2v) is 6.64. The molecule has 0 spiro atoms. The van der Waals surface area contributed by atoms with Crippen LogP contribution in [-0.4, -0.2) is 30.9 Å². The lowest BCUT2D eigenvalue weighted by atomic mass is 10.2. The first kappa shape index (κ1) is 18.5. The van der Waals surface area contributed by atoms with E-state index in [0.29, 0.717) is 5.75 Å². The molecular weight excluding hydrogens is 324 g/mol. The Morgan fingerprint density at radius 3 is 2.14 bits per heavy atom. The van der Waals surface area contributed by atoms with Crippen LogP contribution in [0.5, 0.6) is 5.75 Å². The second-order valence-electron chi connectivity index (χ2n) is 4.21. The van der Waals surface area contributed by atoms with Crippen molar-refractivity contribution in [3.63, 3.8) is 0 Å². The number of aryl methyl sites for hydroxylation is 1. The largest absolute Gasteiger partial charge is 0.726 e. The Balaban J connectivity index is 0.000000346. The minimum Gasteiger partial charge on any atom is -0.726 e. The number of thiol groups is 1. The maximum atomic E-state index is 9.22. The number of phenolic OH excluding ortho intramolecular Hbond substituents is 1. The van der Waals surface area contributed by atoms with Gasteiger partial charge in [0.05, 0.1) is 7.11 Å². The van der Waals surface area contributed by atoms with Crippen molar-refractivity contribution < 1.29 is 22.3 Å². The normalized spacial score (nSPS) is 10.6. The van der Waals surface area contributed by atoms with E-state index in [1.807, 2.05) is 18.2 Å². The lowest BCUT2D eigenvalue weighted by Gasteiger charge is -1.98. The Labute approximate surface area is 134 Å². The van der Waals surface area contributed by atoms with E-state index in [1.165, 1.54) is 22.2 Å². The summed E-state index contributed by atoms with van der Waals surface area (Å²) < 4.78 is 31.0. The van der Waals surface area contributed by atoms with Crippen LogP contribution >= 0.6 is 0 Å². The molecule has 0 bridgehead atoms. The average molecular weight is 342 g/mol. The van der Waals surface area contributed by atoms with E-state index < -0.39 is 10.4 Å². The van der Waals surface area contributed by atoms with Crippen LogP contribution in [0, 0.1) is 0 Å². The van der Waals surface area contributed by atoms with Crippen LogP contribution in [-0.2, 0) is 32.8 Å². The van der Waals surface area contributed by atoms with Crippen molar-refractivity contribution >= 4 is 22.2 Å². The van der Waals surface area contributed by atoms with E-state index in [2.05, 4.69) is 28.4 Å². The van der Waals surface area contributed by atoms with Crippen molar-refractivity contribution in [2.45, 2.75) is 11.3 Å². The minimum absolute atomic E-state index is 0.335. The number of rotatable bonds is 5. The lowest BCUT2D eigenvalue weighted by Crippen LogP contribution is -1.97. The number of aromatic hydroxyl groups is 1. The molecule has 2 aromatic carbocycles. The SMILES string of the molecule is COS(=O)(=O)[O-].Oc1ccc([SH+]CCc2ccccc2)cc1. The van der Waals surface area contributed by atoms with Gasteiger partial charge in [-0.1, -0.05) is 30.3 Å². The standard InChI is InChI=1S/C14H14OS.CH4O4S/c15-13-6-8-14(9-7-13)16-11-10-12-4-2-1-3-5-12;1-5-6(2,3)4/h1-9,15H,10-11H2;1H3,(H,2,3,4). The zero-order valence-corrected chi connectivity index (χ0v) is 13.8. The van der Waals surface area contributed by atoms with Gasteiger partial charge < -0.3 is 9.66 Å². The van der Waals surface area contributed by atoms with Crippen molar-refractivity contribution in [2.24, 2.45) is 0 Å². The van der Waals surface area contributed by atoms with Gasteiger partial charge in [0, 0.05) is 18.2 Å². The molecule has 0 aliphatic heterocycles. The zero-order valence-electron chi connectivity index (χ0n) is 12.0. The number of phenols is 1. The van der Waals surface area contributed by atoms with E-state index in [1.54, 1.807) is 12.1 Å². The fourth-order valence-electron chi connectivity index (χ4n) is 1.52. The highest BCUT2D eigenvalue weighted by atomic mass is 32.3. The van der Waals surface area contributed by atoms with Crippen LogP contribution < -0.4 is 0 Å². The summed E-state index contributed by atoms with van der Waals surface area (Å²) >= 11 is 1.31. The Kier molecular flexibility index (Phi) is 7.97. The van der Waals surface area contributed by atoms with Gasteiger partial charge in [0.1, 0.15) is 11.5 Å². The molecule has 7 heteroatoms. The molecule has 0 aromatic heterocycles. The van der Waals surface area contributed by atoms with Crippen molar-refractivity contribution in [3.8, 4) is 5.75 Å². The average Bonchev–Trinajstić information content (AvgIpc) is 2.50. The summed E-state index contributed by atoms with van der Waals surface area (Å²) in [5.74, 6) is 1.46. The van der Waals surface area contributed by atoms with Gasteiger partial charge in [-0.05, 0) is 29.8 Å². The van der Waals surface area contributed by atoms with Gasteiger partial charge in [-0.2, -0.15) is 0 Å². The smallest absolute Gasteiger partial charge is 0.217 e. The molecule has 0 aliphatic rings. The van der Waals surface area contributed by atoms with Crippen LogP contribution in [0.25, 0.3) is 0 Å². The van der Waals surface area contributed by atoms with Crippen LogP contribution in [0.1, 0.15) is 5.56 Å². The van der Waals surface area contributed by atoms with E-state index >= 15 is 0 Å². The van der Waals surface area contributed by atoms with Crippen molar-refractivity contribution in [1.29, 1.82) is 0 Å². The highest BCUT2D eigenvalue weighted by Crippen LogP contribution is 2.12. The second kappa shape index (κ2) is 9.47. The summed E-state index contributed by atoms with van der Waals surface area (Å²) in [6, 6.07) is 17.9. The molecule has 0 amide bonds. The van der Waals surface area contributed by atoms with Gasteiger partial charge in [-0.3, -0.25) is 4.18 Å². The maximum Gasteiger partial charge on any atom is 0.217 e. The molecule has 120 valence electrons. The number of benzene rings is 2. The third-order valence-electron chi connectivity index (χ3n) is 2.59. The molecule has 2 aromatic rings. The van der Waals surface area contributed by atoms with E-state index in [9.17, 15) is 13.0 Å². The van der Waals surface area contributed by atoms with Gasteiger partial charge in [-0.15, -0.1) is 0 Å². The van der Waals surface area contributed by atoms with Crippen molar-refractivity contribution in [3.05, 3.63) is 60.2 Å². The number of hydrogen-bond donors (Lipinski definition) is 1. The summed E-state index contributed by atoms with van der Waals surface area (Å²) in [5.41, 5.74) is 1.38. The summed E-state index contributed by atoms with van der Waals surface area (Å²) in [7, 11) is -3.60. The molecule has 0 atom stereocenters. The first-order chi connectivity index (χ1) is 10.4. The van der Waals surface area contributed by atoms with Gasteiger partial charge in [0.2, 0.25) is 10.4 Å². The molecular formula is C15H18O5S2. The van der Waals surface area contributed by atoms with Crippen LogP contribution in [0.3, 0.4) is 0 Å². The summed E-state index contributed by atoms with van der Waals surface area (Å²) in [5, 5.41) is 9.16. The quantitative estimate of drug-likeness (QED) is 0.388. The fourth-order valence-corrected chi connectivity index (χ4v) is 2.50. The molecule has 0 unspecified atom stereocenters. The van der Waals surface area contributed by atoms with Crippen LogP contribution in [0.4, 0.5) is 0 Å². The molecule has 2 rings (SSSR count). The van der Waals surface area contributed by atoms with Crippen LogP contribution in [0.15, 0.2) is 59.5 Å². The first-order valence-electron chi connectivity index (χ1n) is 6.42. The topological polar surface area (TPSA) is 86.7 Å². The predicted octanol–water partition coefficient (Wildman–Crippen LogP) is 1.90. The van der Waals surface area contributed by atoms with Crippen molar-refractivity contribution in [2.75, 3.05) is 12.9 Å². The molecule has 0 fully saturated rings. The van der Waals surface area contributed by atoms with Gasteiger partial charge in [-0.25, -0.2) is 8.42 Å². The molecule has 0 saturated carbocycles. The van der Waals surface area contributed by atoms with Crippen LogP contribution in [0.2, 0.25) is 0 Å². The van der Waals surface area contributed by atoms with Gasteiger partial charge >= 0.3 is 0 Å². The highest BCUT2D eigenvalue weighted by molar-refractivity contribution is 7.80.